The van der Waals surface area contributed by atoms with Gasteiger partial charge in [-0.05, 0) is 24.8 Å². The van der Waals surface area contributed by atoms with E-state index < -0.39 is 17.6 Å². The molecule has 1 amide bonds. The highest BCUT2D eigenvalue weighted by molar-refractivity contribution is 5.90. The summed E-state index contributed by atoms with van der Waals surface area (Å²) in [5.41, 5.74) is -0.275. The van der Waals surface area contributed by atoms with Gasteiger partial charge in [0.25, 0.3) is 0 Å². The van der Waals surface area contributed by atoms with E-state index in [1.165, 1.54) is 7.11 Å². The van der Waals surface area contributed by atoms with Crippen molar-refractivity contribution in [2.75, 3.05) is 7.11 Å². The Morgan fingerprint density at radius 1 is 1.18 bits per heavy atom. The third-order valence-electron chi connectivity index (χ3n) is 4.80. The summed E-state index contributed by atoms with van der Waals surface area (Å²) in [5, 5.41) is 2.75. The molecule has 1 unspecified atom stereocenters. The number of esters is 1. The molecule has 2 rings (SSSR count). The Labute approximate surface area is 131 Å². The molecule has 1 atom stereocenters. The molecule has 0 aromatic heterocycles. The summed E-state index contributed by atoms with van der Waals surface area (Å²) in [6, 6.07) is 9.42. The predicted molar refractivity (Wildman–Crippen MR) is 82.1 cm³/mol. The van der Waals surface area contributed by atoms with Gasteiger partial charge < -0.3 is 14.8 Å². The number of ether oxygens (including phenoxy) is 2. The summed E-state index contributed by atoms with van der Waals surface area (Å²) in [4.78, 5) is 24.2. The smallest absolute Gasteiger partial charge is 0.408 e. The van der Waals surface area contributed by atoms with Gasteiger partial charge in [0.2, 0.25) is 0 Å². The zero-order chi connectivity index (χ0) is 16.2. The third kappa shape index (κ3) is 2.80. The van der Waals surface area contributed by atoms with Crippen LogP contribution in [0.3, 0.4) is 0 Å². The molecule has 22 heavy (non-hydrogen) atoms. The zero-order valence-corrected chi connectivity index (χ0v) is 13.3. The molecule has 0 radical (unpaired) electrons. The van der Waals surface area contributed by atoms with Crippen LogP contribution < -0.4 is 5.32 Å². The number of benzene rings is 1. The van der Waals surface area contributed by atoms with Crippen LogP contribution in [0.25, 0.3) is 0 Å². The molecule has 1 saturated carbocycles. The Balaban J connectivity index is 2.00. The first-order valence-corrected chi connectivity index (χ1v) is 7.61. The maximum absolute atomic E-state index is 12.1. The minimum Gasteiger partial charge on any atom is -0.467 e. The van der Waals surface area contributed by atoms with Gasteiger partial charge in [0, 0.05) is 5.41 Å². The maximum atomic E-state index is 12.1. The van der Waals surface area contributed by atoms with Crippen molar-refractivity contribution in [3.8, 4) is 0 Å². The lowest BCUT2D eigenvalue weighted by Gasteiger charge is -2.22. The Kier molecular flexibility index (Phi) is 4.74. The number of rotatable bonds is 6. The van der Waals surface area contributed by atoms with Gasteiger partial charge in [-0.1, -0.05) is 44.2 Å². The van der Waals surface area contributed by atoms with Gasteiger partial charge in [-0.25, -0.2) is 9.59 Å². The van der Waals surface area contributed by atoms with Crippen LogP contribution in [-0.4, -0.2) is 24.7 Å². The number of nitrogens with one attached hydrogen (secondary N) is 1. The standard InChI is InChI=1S/C17H23NO4/c1-4-16(5-2)12-17(16,14(19)21-3)18-15(20)22-11-13-9-7-6-8-10-13/h6-10H,4-5,11-12H2,1-3H3,(H,18,20). The SMILES string of the molecule is CCC1(CC)CC1(NC(=O)OCc1ccccc1)C(=O)OC. The van der Waals surface area contributed by atoms with E-state index in [-0.39, 0.29) is 12.0 Å². The first-order chi connectivity index (χ1) is 10.5. The van der Waals surface area contributed by atoms with Gasteiger partial charge in [-0.2, -0.15) is 0 Å². The summed E-state index contributed by atoms with van der Waals surface area (Å²) in [5.74, 6) is -0.395. The number of carbonyl (C=O) groups is 2. The number of carbonyl (C=O) groups excluding carboxylic acids is 2. The van der Waals surface area contributed by atoms with Gasteiger partial charge >= 0.3 is 12.1 Å². The average Bonchev–Trinajstić information content (AvgIpc) is 3.22. The largest absolute Gasteiger partial charge is 0.467 e. The van der Waals surface area contributed by atoms with Crippen molar-refractivity contribution < 1.29 is 19.1 Å². The van der Waals surface area contributed by atoms with Crippen molar-refractivity contribution in [1.29, 1.82) is 0 Å². The van der Waals surface area contributed by atoms with Crippen molar-refractivity contribution in [3.05, 3.63) is 35.9 Å². The second kappa shape index (κ2) is 6.38. The number of hydrogen-bond donors (Lipinski definition) is 1. The fourth-order valence-corrected chi connectivity index (χ4v) is 3.19. The summed E-state index contributed by atoms with van der Waals surface area (Å²) in [6.45, 7) is 4.21. The lowest BCUT2D eigenvalue weighted by Crippen LogP contribution is -2.48. The fourth-order valence-electron chi connectivity index (χ4n) is 3.19. The van der Waals surface area contributed by atoms with Crippen LogP contribution in [0.2, 0.25) is 0 Å². The number of amides is 1. The molecule has 1 N–H and O–H groups in total. The fraction of sp³-hybridized carbons (Fsp3) is 0.529. The highest BCUT2D eigenvalue weighted by atomic mass is 16.6. The topological polar surface area (TPSA) is 64.6 Å². The van der Waals surface area contributed by atoms with Gasteiger partial charge in [0.05, 0.1) is 7.11 Å². The molecule has 1 aliphatic carbocycles. The normalized spacial score (nSPS) is 21.8. The molecule has 0 saturated heterocycles. The molecule has 0 aliphatic heterocycles. The minimum atomic E-state index is -0.945. The number of alkyl carbamates (subject to hydrolysis) is 1. The van der Waals surface area contributed by atoms with E-state index in [0.29, 0.717) is 6.42 Å². The highest BCUT2D eigenvalue weighted by Gasteiger charge is 2.72. The molecule has 1 aliphatic rings. The van der Waals surface area contributed by atoms with E-state index in [1.807, 2.05) is 44.2 Å². The number of hydrogen-bond acceptors (Lipinski definition) is 4. The van der Waals surface area contributed by atoms with Crippen LogP contribution in [0.15, 0.2) is 30.3 Å². The Bertz CT molecular complexity index is 539. The van der Waals surface area contributed by atoms with Crippen LogP contribution in [-0.2, 0) is 20.9 Å². The van der Waals surface area contributed by atoms with E-state index in [4.69, 9.17) is 9.47 Å². The summed E-state index contributed by atoms with van der Waals surface area (Å²) in [6.07, 6.45) is 1.62. The summed E-state index contributed by atoms with van der Waals surface area (Å²) < 4.78 is 10.1. The van der Waals surface area contributed by atoms with Crippen molar-refractivity contribution >= 4 is 12.1 Å². The summed E-state index contributed by atoms with van der Waals surface area (Å²) in [7, 11) is 1.34. The zero-order valence-electron chi connectivity index (χ0n) is 13.3. The van der Waals surface area contributed by atoms with E-state index in [1.54, 1.807) is 0 Å². The van der Waals surface area contributed by atoms with Crippen molar-refractivity contribution in [1.82, 2.24) is 5.32 Å². The van der Waals surface area contributed by atoms with E-state index in [9.17, 15) is 9.59 Å². The second-order valence-electron chi connectivity index (χ2n) is 5.75. The molecule has 0 heterocycles. The third-order valence-corrected chi connectivity index (χ3v) is 4.80. The molecule has 120 valence electrons. The van der Waals surface area contributed by atoms with Gasteiger partial charge in [-0.3, -0.25) is 0 Å². The average molecular weight is 305 g/mol. The number of methoxy groups -OCH3 is 1. The molecule has 5 heteroatoms. The first-order valence-electron chi connectivity index (χ1n) is 7.61. The summed E-state index contributed by atoms with van der Waals surface area (Å²) >= 11 is 0. The molecular weight excluding hydrogens is 282 g/mol. The van der Waals surface area contributed by atoms with Gasteiger partial charge in [0.15, 0.2) is 0 Å². The Morgan fingerprint density at radius 2 is 1.82 bits per heavy atom. The lowest BCUT2D eigenvalue weighted by atomic mass is 9.93. The first kappa shape index (κ1) is 16.3. The monoisotopic (exact) mass is 305 g/mol. The second-order valence-corrected chi connectivity index (χ2v) is 5.75. The van der Waals surface area contributed by atoms with Crippen LogP contribution in [0.1, 0.15) is 38.7 Å². The molecule has 0 bridgehead atoms. The van der Waals surface area contributed by atoms with Crippen LogP contribution in [0, 0.1) is 5.41 Å². The van der Waals surface area contributed by atoms with Crippen LogP contribution >= 0.6 is 0 Å². The molecule has 0 spiro atoms. The van der Waals surface area contributed by atoms with Crippen molar-refractivity contribution in [2.24, 2.45) is 5.41 Å². The minimum absolute atomic E-state index is 0.176. The molecule has 1 aromatic rings. The maximum Gasteiger partial charge on any atom is 0.408 e. The van der Waals surface area contributed by atoms with Crippen molar-refractivity contribution in [3.63, 3.8) is 0 Å². The van der Waals surface area contributed by atoms with E-state index >= 15 is 0 Å². The molecule has 1 aromatic carbocycles. The predicted octanol–water partition coefficient (Wildman–Crippen LogP) is 3.03. The molecular formula is C17H23NO4. The highest BCUT2D eigenvalue weighted by Crippen LogP contribution is 2.61. The van der Waals surface area contributed by atoms with Gasteiger partial charge in [0.1, 0.15) is 12.1 Å². The van der Waals surface area contributed by atoms with Crippen LogP contribution in [0.4, 0.5) is 4.79 Å². The van der Waals surface area contributed by atoms with Gasteiger partial charge in [-0.15, -0.1) is 0 Å². The Hall–Kier alpha value is -2.04. The molecule has 1 fully saturated rings. The Morgan fingerprint density at radius 3 is 2.32 bits per heavy atom. The lowest BCUT2D eigenvalue weighted by molar-refractivity contribution is -0.145. The van der Waals surface area contributed by atoms with Crippen LogP contribution in [0.5, 0.6) is 0 Å². The van der Waals surface area contributed by atoms with Crippen molar-refractivity contribution in [2.45, 2.75) is 45.3 Å². The van der Waals surface area contributed by atoms with E-state index in [2.05, 4.69) is 5.32 Å². The van der Waals surface area contributed by atoms with E-state index in [0.717, 1.165) is 18.4 Å². The molecule has 5 nitrogen and oxygen atoms in total. The quantitative estimate of drug-likeness (QED) is 0.820.